The third kappa shape index (κ3) is 3.26. The summed E-state index contributed by atoms with van der Waals surface area (Å²) in [6.07, 6.45) is 5.99. The molecule has 2 rings (SSSR count). The highest BCUT2D eigenvalue weighted by Crippen LogP contribution is 2.19. The molecule has 2 aromatic heterocycles. The molecule has 6 heteroatoms. The molecule has 21 heavy (non-hydrogen) atoms. The lowest BCUT2D eigenvalue weighted by atomic mass is 10.1. The summed E-state index contributed by atoms with van der Waals surface area (Å²) >= 11 is 0. The summed E-state index contributed by atoms with van der Waals surface area (Å²) in [7, 11) is 1.78. The first kappa shape index (κ1) is 15.2. The van der Waals surface area contributed by atoms with E-state index in [0.717, 1.165) is 24.4 Å². The molecule has 0 saturated carbocycles. The smallest absolute Gasteiger partial charge is 0.257 e. The maximum atomic E-state index is 12.6. The van der Waals surface area contributed by atoms with Crippen LogP contribution in [0.4, 0.5) is 0 Å². The van der Waals surface area contributed by atoms with Gasteiger partial charge in [0, 0.05) is 26.0 Å². The molecule has 112 valence electrons. The van der Waals surface area contributed by atoms with Crippen LogP contribution in [-0.2, 0) is 6.54 Å². The Bertz CT molecular complexity index is 608. The number of hydrogen-bond acceptors (Lipinski definition) is 4. The molecule has 1 atom stereocenters. The molecular weight excluding hydrogens is 266 g/mol. The predicted octanol–water partition coefficient (Wildman–Crippen LogP) is 2.22. The van der Waals surface area contributed by atoms with Crippen molar-refractivity contribution in [1.29, 1.82) is 0 Å². The van der Waals surface area contributed by atoms with Crippen molar-refractivity contribution in [2.75, 3.05) is 7.05 Å². The highest BCUT2D eigenvalue weighted by Gasteiger charge is 2.22. The number of nitrogens with zero attached hydrogens (tertiary/aromatic N) is 5. The monoisotopic (exact) mass is 287 g/mol. The van der Waals surface area contributed by atoms with Gasteiger partial charge in [-0.05, 0) is 26.3 Å². The zero-order valence-electron chi connectivity index (χ0n) is 12.9. The standard InChI is InChI=1S/C15H21N5O/c1-5-8-20-9-13(11(2)18-20)15(21)19(4)12(3)14-6-7-16-10-17-14/h6-7,9-10,12H,5,8H2,1-4H3. The molecule has 2 aromatic rings. The minimum absolute atomic E-state index is 0.0408. The van der Waals surface area contributed by atoms with Crippen LogP contribution in [0.15, 0.2) is 24.8 Å². The second-order valence-corrected chi connectivity index (χ2v) is 5.12. The fraction of sp³-hybridized carbons (Fsp3) is 0.467. The Morgan fingerprint density at radius 3 is 2.86 bits per heavy atom. The molecule has 0 aromatic carbocycles. The number of aromatic nitrogens is 4. The second kappa shape index (κ2) is 6.47. The van der Waals surface area contributed by atoms with Gasteiger partial charge >= 0.3 is 0 Å². The van der Waals surface area contributed by atoms with Crippen molar-refractivity contribution >= 4 is 5.91 Å². The van der Waals surface area contributed by atoms with Crippen LogP contribution in [0.3, 0.4) is 0 Å². The van der Waals surface area contributed by atoms with E-state index in [1.54, 1.807) is 18.1 Å². The highest BCUT2D eigenvalue weighted by atomic mass is 16.2. The quantitative estimate of drug-likeness (QED) is 0.846. The predicted molar refractivity (Wildman–Crippen MR) is 79.8 cm³/mol. The Labute approximate surface area is 124 Å². The van der Waals surface area contributed by atoms with Gasteiger partial charge in [0.15, 0.2) is 0 Å². The minimum atomic E-state index is -0.116. The van der Waals surface area contributed by atoms with Gasteiger partial charge in [0.1, 0.15) is 6.33 Å². The van der Waals surface area contributed by atoms with Crippen molar-refractivity contribution in [2.45, 2.75) is 39.8 Å². The van der Waals surface area contributed by atoms with Gasteiger partial charge in [0.05, 0.1) is 23.0 Å². The lowest BCUT2D eigenvalue weighted by Gasteiger charge is -2.24. The SMILES string of the molecule is CCCn1cc(C(=O)N(C)C(C)c2ccncn2)c(C)n1. The van der Waals surface area contributed by atoms with Gasteiger partial charge in [0.2, 0.25) is 0 Å². The van der Waals surface area contributed by atoms with Crippen LogP contribution in [0.2, 0.25) is 0 Å². The van der Waals surface area contributed by atoms with Crippen LogP contribution in [0.5, 0.6) is 0 Å². The molecule has 0 aliphatic rings. The molecule has 0 saturated heterocycles. The maximum absolute atomic E-state index is 12.6. The van der Waals surface area contributed by atoms with Crippen LogP contribution < -0.4 is 0 Å². The fourth-order valence-corrected chi connectivity index (χ4v) is 2.18. The van der Waals surface area contributed by atoms with Gasteiger partial charge in [-0.15, -0.1) is 0 Å². The van der Waals surface area contributed by atoms with E-state index in [4.69, 9.17) is 0 Å². The first-order chi connectivity index (χ1) is 10.0. The second-order valence-electron chi connectivity index (χ2n) is 5.12. The van der Waals surface area contributed by atoms with Crippen molar-refractivity contribution in [3.63, 3.8) is 0 Å². The van der Waals surface area contributed by atoms with Crippen molar-refractivity contribution in [2.24, 2.45) is 0 Å². The third-order valence-electron chi connectivity index (χ3n) is 3.56. The summed E-state index contributed by atoms with van der Waals surface area (Å²) in [4.78, 5) is 22.4. The van der Waals surface area contributed by atoms with E-state index in [2.05, 4.69) is 22.0 Å². The van der Waals surface area contributed by atoms with Gasteiger partial charge in [-0.3, -0.25) is 9.48 Å². The molecule has 0 aliphatic heterocycles. The number of carbonyl (C=O) groups is 1. The van der Waals surface area contributed by atoms with E-state index in [0.29, 0.717) is 5.56 Å². The molecular formula is C15H21N5O. The fourth-order valence-electron chi connectivity index (χ4n) is 2.18. The van der Waals surface area contributed by atoms with E-state index in [1.165, 1.54) is 6.33 Å². The Kier molecular flexibility index (Phi) is 4.67. The topological polar surface area (TPSA) is 63.9 Å². The zero-order chi connectivity index (χ0) is 15.4. The van der Waals surface area contributed by atoms with Crippen LogP contribution in [0.25, 0.3) is 0 Å². The highest BCUT2D eigenvalue weighted by molar-refractivity contribution is 5.95. The van der Waals surface area contributed by atoms with E-state index in [-0.39, 0.29) is 11.9 Å². The van der Waals surface area contributed by atoms with Gasteiger partial charge in [-0.2, -0.15) is 5.10 Å². The summed E-state index contributed by atoms with van der Waals surface area (Å²) in [5, 5.41) is 4.38. The molecule has 0 spiro atoms. The molecule has 2 heterocycles. The van der Waals surface area contributed by atoms with Crippen molar-refractivity contribution < 1.29 is 4.79 Å². The average Bonchev–Trinajstić information content (AvgIpc) is 2.87. The van der Waals surface area contributed by atoms with Gasteiger partial charge in [-0.25, -0.2) is 9.97 Å². The first-order valence-electron chi connectivity index (χ1n) is 7.11. The summed E-state index contributed by atoms with van der Waals surface area (Å²) < 4.78 is 1.83. The van der Waals surface area contributed by atoms with E-state index >= 15 is 0 Å². The van der Waals surface area contributed by atoms with E-state index in [1.807, 2.05) is 30.8 Å². The first-order valence-corrected chi connectivity index (χ1v) is 7.11. The Morgan fingerprint density at radius 2 is 2.24 bits per heavy atom. The number of amides is 1. The van der Waals surface area contributed by atoms with Gasteiger partial charge < -0.3 is 4.90 Å². The van der Waals surface area contributed by atoms with Crippen molar-refractivity contribution in [3.8, 4) is 0 Å². The molecule has 1 amide bonds. The summed E-state index contributed by atoms with van der Waals surface area (Å²) in [6, 6.07) is 1.70. The number of aryl methyl sites for hydroxylation is 2. The summed E-state index contributed by atoms with van der Waals surface area (Å²) in [5.74, 6) is -0.0408. The lowest BCUT2D eigenvalue weighted by Crippen LogP contribution is -2.30. The molecule has 0 bridgehead atoms. The number of hydrogen-bond donors (Lipinski definition) is 0. The normalized spacial score (nSPS) is 12.2. The summed E-state index contributed by atoms with van der Waals surface area (Å²) in [5.41, 5.74) is 2.22. The average molecular weight is 287 g/mol. The van der Waals surface area contributed by atoms with Crippen LogP contribution >= 0.6 is 0 Å². The Balaban J connectivity index is 2.19. The van der Waals surface area contributed by atoms with Crippen LogP contribution in [0.1, 0.15) is 48.1 Å². The largest absolute Gasteiger partial charge is 0.333 e. The van der Waals surface area contributed by atoms with E-state index in [9.17, 15) is 4.79 Å². The molecule has 6 nitrogen and oxygen atoms in total. The number of rotatable bonds is 5. The maximum Gasteiger partial charge on any atom is 0.257 e. The third-order valence-corrected chi connectivity index (χ3v) is 3.56. The van der Waals surface area contributed by atoms with Crippen LogP contribution in [0, 0.1) is 6.92 Å². The van der Waals surface area contributed by atoms with Crippen LogP contribution in [-0.4, -0.2) is 37.6 Å². The lowest BCUT2D eigenvalue weighted by molar-refractivity contribution is 0.0739. The molecule has 1 unspecified atom stereocenters. The Morgan fingerprint density at radius 1 is 1.48 bits per heavy atom. The van der Waals surface area contributed by atoms with Crippen molar-refractivity contribution in [3.05, 3.63) is 41.7 Å². The minimum Gasteiger partial charge on any atom is -0.333 e. The molecule has 0 aliphatic carbocycles. The zero-order valence-corrected chi connectivity index (χ0v) is 12.9. The summed E-state index contributed by atoms with van der Waals surface area (Å²) in [6.45, 7) is 6.72. The number of carbonyl (C=O) groups excluding carboxylic acids is 1. The van der Waals surface area contributed by atoms with E-state index < -0.39 is 0 Å². The van der Waals surface area contributed by atoms with Crippen molar-refractivity contribution in [1.82, 2.24) is 24.6 Å². The molecule has 0 fully saturated rings. The molecule has 0 radical (unpaired) electrons. The van der Waals surface area contributed by atoms with Gasteiger partial charge in [0.25, 0.3) is 5.91 Å². The Hall–Kier alpha value is -2.24. The van der Waals surface area contributed by atoms with Gasteiger partial charge in [-0.1, -0.05) is 6.92 Å². The molecule has 0 N–H and O–H groups in total.